The van der Waals surface area contributed by atoms with Gasteiger partial charge in [-0.1, -0.05) is 6.92 Å². The van der Waals surface area contributed by atoms with Crippen LogP contribution in [0.3, 0.4) is 0 Å². The molecule has 1 aromatic carbocycles. The standard InChI is InChI=1S/C20H25N7O6.Ca/c1-9(18(30)31)6-13(19(32)33)25-16(28)10-2-4-11(5-3-10)22-7-12-8-23-15-14(24-12)17(29)27-20(21)26-15;/h2-5,9,12-13,22,24H,6-8H2,1H3,(H,25,28)(H,30,31)(H,32,33)(H4,21,23,26,27,29);/q;+2/p-2. The zero-order valence-electron chi connectivity index (χ0n) is 18.3. The van der Waals surface area contributed by atoms with E-state index in [1.165, 1.54) is 19.1 Å². The number of aromatic amines is 1. The van der Waals surface area contributed by atoms with E-state index in [0.717, 1.165) is 0 Å². The number of nitrogen functional groups attached to an aromatic ring is 1. The van der Waals surface area contributed by atoms with Crippen molar-refractivity contribution in [3.63, 3.8) is 0 Å². The Bertz CT molecular complexity index is 1110. The second-order valence-corrected chi connectivity index (χ2v) is 7.66. The quantitative estimate of drug-likeness (QED) is 0.191. The first-order valence-electron chi connectivity index (χ1n) is 10.1. The molecule has 0 saturated heterocycles. The van der Waals surface area contributed by atoms with Crippen molar-refractivity contribution >= 4 is 78.7 Å². The molecule has 0 saturated carbocycles. The molecule has 0 fully saturated rings. The molecule has 1 aliphatic rings. The molecule has 13 nitrogen and oxygen atoms in total. The fraction of sp³-hybridized carbons (Fsp3) is 0.350. The van der Waals surface area contributed by atoms with Gasteiger partial charge in [-0.15, -0.1) is 0 Å². The number of benzene rings is 1. The number of carbonyl (C=O) groups is 3. The van der Waals surface area contributed by atoms with Gasteiger partial charge in [-0.25, -0.2) is 0 Å². The molecule has 1 amide bonds. The second-order valence-electron chi connectivity index (χ2n) is 7.66. The fourth-order valence-corrected chi connectivity index (χ4v) is 3.24. The minimum atomic E-state index is -1.58. The molecule has 3 atom stereocenters. The van der Waals surface area contributed by atoms with E-state index in [1.807, 2.05) is 0 Å². The zero-order chi connectivity index (χ0) is 24.1. The number of fused-ring (bicyclic) bond motifs is 1. The Labute approximate surface area is 223 Å². The third-order valence-electron chi connectivity index (χ3n) is 5.08. The van der Waals surface area contributed by atoms with Gasteiger partial charge in [0.05, 0.1) is 18.1 Å². The third-order valence-corrected chi connectivity index (χ3v) is 5.08. The van der Waals surface area contributed by atoms with Crippen molar-refractivity contribution in [2.45, 2.75) is 25.4 Å². The Morgan fingerprint density at radius 1 is 1.21 bits per heavy atom. The summed E-state index contributed by atoms with van der Waals surface area (Å²) < 4.78 is 0. The number of aromatic nitrogens is 2. The zero-order valence-corrected chi connectivity index (χ0v) is 20.6. The summed E-state index contributed by atoms with van der Waals surface area (Å²) in [5.74, 6) is -4.34. The summed E-state index contributed by atoms with van der Waals surface area (Å²) in [6.07, 6.45) is -0.355. The second kappa shape index (κ2) is 11.9. The molecule has 1 aromatic heterocycles. The number of nitrogens with zero attached hydrogens (tertiary/aromatic N) is 1. The van der Waals surface area contributed by atoms with E-state index in [1.54, 1.807) is 12.1 Å². The number of nitrogens with two attached hydrogens (primary N) is 1. The van der Waals surface area contributed by atoms with Crippen LogP contribution in [0.4, 0.5) is 23.1 Å². The van der Waals surface area contributed by atoms with Crippen LogP contribution in [0.5, 0.6) is 0 Å². The van der Waals surface area contributed by atoms with Crippen molar-refractivity contribution in [3.05, 3.63) is 40.2 Å². The molecule has 3 rings (SSSR count). The van der Waals surface area contributed by atoms with Crippen LogP contribution >= 0.6 is 0 Å². The Kier molecular flexibility index (Phi) is 9.53. The summed E-state index contributed by atoms with van der Waals surface area (Å²) in [5.41, 5.74) is 6.32. The van der Waals surface area contributed by atoms with Gasteiger partial charge in [-0.3, -0.25) is 14.6 Å². The molecule has 0 bridgehead atoms. The number of hydrogen-bond donors (Lipinski definition) is 6. The normalized spacial score (nSPS) is 15.9. The minimum Gasteiger partial charge on any atom is -0.550 e. The van der Waals surface area contributed by atoms with E-state index in [2.05, 4.69) is 31.2 Å². The number of anilines is 4. The largest absolute Gasteiger partial charge is 2.00 e. The average molecular weight is 498 g/mol. The Morgan fingerprint density at radius 3 is 2.50 bits per heavy atom. The summed E-state index contributed by atoms with van der Waals surface area (Å²) in [6, 6.07) is 4.64. The molecule has 3 unspecified atom stereocenters. The van der Waals surface area contributed by atoms with E-state index < -0.39 is 29.8 Å². The number of carbonyl (C=O) groups excluding carboxylic acids is 3. The Hall–Kier alpha value is -3.03. The number of hydrogen-bond acceptors (Lipinski definition) is 11. The van der Waals surface area contributed by atoms with Crippen LogP contribution in [-0.2, 0) is 9.59 Å². The maximum atomic E-state index is 12.3. The fourth-order valence-electron chi connectivity index (χ4n) is 3.24. The first kappa shape index (κ1) is 27.2. The molecule has 2 heterocycles. The number of H-pyrrole nitrogens is 1. The van der Waals surface area contributed by atoms with Gasteiger partial charge in [0.25, 0.3) is 11.5 Å². The number of carboxylic acid groups (broad SMARTS) is 2. The van der Waals surface area contributed by atoms with Crippen molar-refractivity contribution in [2.75, 3.05) is 34.8 Å². The minimum absolute atomic E-state index is 0. The third kappa shape index (κ3) is 6.98. The first-order valence-corrected chi connectivity index (χ1v) is 10.1. The van der Waals surface area contributed by atoms with Crippen molar-refractivity contribution < 1.29 is 24.6 Å². The van der Waals surface area contributed by atoms with E-state index in [9.17, 15) is 29.4 Å². The number of nitrogens with one attached hydrogen (secondary N) is 5. The maximum Gasteiger partial charge on any atom is 2.00 e. The summed E-state index contributed by atoms with van der Waals surface area (Å²) in [7, 11) is 0. The van der Waals surface area contributed by atoms with Gasteiger partial charge in [0.15, 0.2) is 5.82 Å². The molecular weight excluding hydrogens is 474 g/mol. The summed E-state index contributed by atoms with van der Waals surface area (Å²) >= 11 is 0. The summed E-state index contributed by atoms with van der Waals surface area (Å²) in [6.45, 7) is 2.22. The first-order chi connectivity index (χ1) is 15.6. The summed E-state index contributed by atoms with van der Waals surface area (Å²) in [4.78, 5) is 52.9. The molecule has 7 N–H and O–H groups in total. The molecule has 34 heavy (non-hydrogen) atoms. The molecule has 2 aromatic rings. The topological polar surface area (TPSA) is 217 Å². The SMILES string of the molecule is CC(CC(NC(=O)c1ccc(NCC2CNc3nc(N)[nH]c(=O)c3N2)cc1)C(=O)[O-])C(=O)[O-].[Ca+2]. The van der Waals surface area contributed by atoms with E-state index in [-0.39, 0.29) is 67.3 Å². The van der Waals surface area contributed by atoms with Gasteiger partial charge in [-0.05, 0) is 36.6 Å². The molecule has 0 radical (unpaired) electrons. The molecule has 14 heteroatoms. The molecule has 0 spiro atoms. The average Bonchev–Trinajstić information content (AvgIpc) is 2.77. The van der Waals surface area contributed by atoms with Crippen molar-refractivity contribution in [1.82, 2.24) is 15.3 Å². The van der Waals surface area contributed by atoms with Gasteiger partial charge in [0, 0.05) is 30.3 Å². The number of amides is 1. The maximum absolute atomic E-state index is 12.3. The number of rotatable bonds is 9. The summed E-state index contributed by atoms with van der Waals surface area (Å²) in [5, 5.41) is 33.6. The van der Waals surface area contributed by atoms with Crippen LogP contribution in [0, 0.1) is 5.92 Å². The van der Waals surface area contributed by atoms with Gasteiger partial charge in [-0.2, -0.15) is 4.98 Å². The van der Waals surface area contributed by atoms with Crippen LogP contribution in [0.1, 0.15) is 23.7 Å². The van der Waals surface area contributed by atoms with Crippen molar-refractivity contribution in [1.29, 1.82) is 0 Å². The number of aliphatic carboxylic acids is 2. The van der Waals surface area contributed by atoms with Gasteiger partial charge in [0.2, 0.25) is 5.95 Å². The molecule has 0 aliphatic carbocycles. The van der Waals surface area contributed by atoms with Crippen LogP contribution in [-0.4, -0.2) is 90.7 Å². The van der Waals surface area contributed by atoms with Crippen molar-refractivity contribution in [3.8, 4) is 0 Å². The number of carboxylic acids is 2. The van der Waals surface area contributed by atoms with Crippen LogP contribution < -0.4 is 42.8 Å². The van der Waals surface area contributed by atoms with Gasteiger partial charge < -0.3 is 46.8 Å². The van der Waals surface area contributed by atoms with Crippen LogP contribution in [0.25, 0.3) is 0 Å². The predicted molar refractivity (Wildman–Crippen MR) is 121 cm³/mol. The predicted octanol–water partition coefficient (Wildman–Crippen LogP) is -3.09. The van der Waals surface area contributed by atoms with Crippen LogP contribution in [0.15, 0.2) is 29.1 Å². The van der Waals surface area contributed by atoms with Crippen molar-refractivity contribution in [2.24, 2.45) is 5.92 Å². The van der Waals surface area contributed by atoms with Gasteiger partial charge >= 0.3 is 37.7 Å². The van der Waals surface area contributed by atoms with E-state index >= 15 is 0 Å². The molecule has 176 valence electrons. The Morgan fingerprint density at radius 2 is 1.88 bits per heavy atom. The van der Waals surface area contributed by atoms with Gasteiger partial charge in [0.1, 0.15) is 5.69 Å². The molecular formula is C20H23CaN7O6. The smallest absolute Gasteiger partial charge is 0.550 e. The van der Waals surface area contributed by atoms with E-state index in [0.29, 0.717) is 30.3 Å². The Balaban J connectivity index is 0.00000408. The van der Waals surface area contributed by atoms with E-state index in [4.69, 9.17) is 5.73 Å². The molecule has 1 aliphatic heterocycles. The van der Waals surface area contributed by atoms with Crippen LogP contribution in [0.2, 0.25) is 0 Å². The monoisotopic (exact) mass is 497 g/mol.